The van der Waals surface area contributed by atoms with Gasteiger partial charge in [0, 0.05) is 11.5 Å². The van der Waals surface area contributed by atoms with E-state index in [1.165, 1.54) is 4.90 Å². The SMILES string of the molecule is COc1ccccc1C1C=[C-]N(C(=O)OC(C)(C)C)C=C1.[Li+]. The summed E-state index contributed by atoms with van der Waals surface area (Å²) >= 11 is 0. The van der Waals surface area contributed by atoms with Gasteiger partial charge in [-0.05, 0) is 26.8 Å². The van der Waals surface area contributed by atoms with Crippen LogP contribution in [0, 0.1) is 6.20 Å². The van der Waals surface area contributed by atoms with E-state index in [2.05, 4.69) is 6.20 Å². The van der Waals surface area contributed by atoms with Crippen molar-refractivity contribution in [3.8, 4) is 5.75 Å². The number of nitrogens with zero attached hydrogens (tertiary/aromatic N) is 1. The zero-order chi connectivity index (χ0) is 15.5. The van der Waals surface area contributed by atoms with Crippen molar-refractivity contribution in [2.45, 2.75) is 32.3 Å². The van der Waals surface area contributed by atoms with Crippen molar-refractivity contribution >= 4 is 6.09 Å². The van der Waals surface area contributed by atoms with E-state index in [0.29, 0.717) is 0 Å². The van der Waals surface area contributed by atoms with Crippen molar-refractivity contribution in [2.24, 2.45) is 0 Å². The van der Waals surface area contributed by atoms with Gasteiger partial charge in [-0.15, -0.1) is 12.2 Å². The van der Waals surface area contributed by atoms with Gasteiger partial charge in [0.2, 0.25) is 0 Å². The molecule has 112 valence electrons. The van der Waals surface area contributed by atoms with E-state index >= 15 is 0 Å². The van der Waals surface area contributed by atoms with Crippen molar-refractivity contribution in [1.82, 2.24) is 4.90 Å². The van der Waals surface area contributed by atoms with Gasteiger partial charge in [-0.1, -0.05) is 30.6 Å². The quantitative estimate of drug-likeness (QED) is 0.600. The van der Waals surface area contributed by atoms with Crippen LogP contribution in [0.4, 0.5) is 4.79 Å². The molecule has 0 aliphatic carbocycles. The number of benzene rings is 1. The van der Waals surface area contributed by atoms with E-state index in [-0.39, 0.29) is 24.8 Å². The van der Waals surface area contributed by atoms with Gasteiger partial charge >= 0.3 is 18.9 Å². The van der Waals surface area contributed by atoms with Crippen LogP contribution in [0.3, 0.4) is 0 Å². The molecule has 0 N–H and O–H groups in total. The molecule has 0 bridgehead atoms. The second kappa shape index (κ2) is 7.58. The fraction of sp³-hybridized carbons (Fsp3) is 0.353. The van der Waals surface area contributed by atoms with E-state index in [4.69, 9.17) is 9.47 Å². The Morgan fingerprint density at radius 1 is 1.27 bits per heavy atom. The van der Waals surface area contributed by atoms with Crippen LogP contribution in [0.1, 0.15) is 32.3 Å². The van der Waals surface area contributed by atoms with Crippen molar-refractivity contribution < 1.29 is 33.1 Å². The summed E-state index contributed by atoms with van der Waals surface area (Å²) in [6.45, 7) is 5.50. The smallest absolute Gasteiger partial charge is 0.502 e. The van der Waals surface area contributed by atoms with Crippen molar-refractivity contribution in [3.05, 3.63) is 54.4 Å². The molecule has 22 heavy (non-hydrogen) atoms. The second-order valence-corrected chi connectivity index (χ2v) is 5.76. The van der Waals surface area contributed by atoms with Gasteiger partial charge in [0.05, 0.1) is 12.7 Å². The Hall–Kier alpha value is -1.63. The van der Waals surface area contributed by atoms with Crippen molar-refractivity contribution in [3.63, 3.8) is 0 Å². The number of carbonyl (C=O) groups is 1. The summed E-state index contributed by atoms with van der Waals surface area (Å²) in [5.41, 5.74) is 0.513. The van der Waals surface area contributed by atoms with Gasteiger partial charge in [-0.25, -0.2) is 0 Å². The number of hydrogen-bond acceptors (Lipinski definition) is 3. The van der Waals surface area contributed by atoms with Crippen molar-refractivity contribution in [1.29, 1.82) is 0 Å². The van der Waals surface area contributed by atoms with Crippen LogP contribution in [0.5, 0.6) is 5.75 Å². The van der Waals surface area contributed by atoms with Gasteiger partial charge in [0.25, 0.3) is 6.09 Å². The molecule has 0 aromatic heterocycles. The molecule has 1 amide bonds. The first kappa shape index (κ1) is 18.4. The summed E-state index contributed by atoms with van der Waals surface area (Å²) in [7, 11) is 1.64. The van der Waals surface area contributed by atoms with Gasteiger partial charge in [-0.3, -0.25) is 0 Å². The van der Waals surface area contributed by atoms with Crippen LogP contribution in [0.15, 0.2) is 42.6 Å². The predicted octanol–water partition coefficient (Wildman–Crippen LogP) is 0.864. The van der Waals surface area contributed by atoms with E-state index in [9.17, 15) is 4.79 Å². The molecule has 0 saturated carbocycles. The number of para-hydroxylation sites is 1. The zero-order valence-electron chi connectivity index (χ0n) is 13.8. The van der Waals surface area contributed by atoms with Gasteiger partial charge in [-0.2, -0.15) is 0 Å². The predicted molar refractivity (Wildman–Crippen MR) is 80.8 cm³/mol. The summed E-state index contributed by atoms with van der Waals surface area (Å²) < 4.78 is 10.6. The van der Waals surface area contributed by atoms with E-state index in [1.807, 2.05) is 57.2 Å². The Morgan fingerprint density at radius 3 is 2.50 bits per heavy atom. The van der Waals surface area contributed by atoms with E-state index in [1.54, 1.807) is 13.3 Å². The first-order valence-electron chi connectivity index (χ1n) is 6.83. The molecule has 4 nitrogen and oxygen atoms in total. The summed E-state index contributed by atoms with van der Waals surface area (Å²) in [6.07, 6.45) is 7.90. The average Bonchev–Trinajstić information content (AvgIpc) is 2.45. The number of ether oxygens (including phenoxy) is 2. The third kappa shape index (κ3) is 4.69. The fourth-order valence-electron chi connectivity index (χ4n) is 2.00. The van der Waals surface area contributed by atoms with Gasteiger partial charge < -0.3 is 19.2 Å². The van der Waals surface area contributed by atoms with Crippen LogP contribution in [0.2, 0.25) is 0 Å². The molecule has 1 aliphatic rings. The number of carbonyl (C=O) groups excluding carboxylic acids is 1. The van der Waals surface area contributed by atoms with Crippen molar-refractivity contribution in [2.75, 3.05) is 7.11 Å². The molecule has 0 spiro atoms. The Kier molecular flexibility index (Phi) is 6.34. The number of amides is 1. The molecule has 1 atom stereocenters. The van der Waals surface area contributed by atoms with Crippen LogP contribution >= 0.6 is 0 Å². The largest absolute Gasteiger partial charge is 1.00 e. The topological polar surface area (TPSA) is 38.8 Å². The Bertz CT molecular complexity index is 562. The molecule has 0 fully saturated rings. The molecule has 0 radical (unpaired) electrons. The number of hydrogen-bond donors (Lipinski definition) is 0. The summed E-state index contributed by atoms with van der Waals surface area (Å²) in [4.78, 5) is 13.2. The third-order valence-electron chi connectivity index (χ3n) is 2.92. The maximum absolute atomic E-state index is 11.9. The molecule has 5 heteroatoms. The zero-order valence-corrected chi connectivity index (χ0v) is 13.8. The minimum Gasteiger partial charge on any atom is -0.502 e. The van der Waals surface area contributed by atoms with Crippen LogP contribution in [0.25, 0.3) is 0 Å². The monoisotopic (exact) mass is 293 g/mol. The average molecular weight is 293 g/mol. The first-order valence-corrected chi connectivity index (χ1v) is 6.83. The van der Waals surface area contributed by atoms with E-state index in [0.717, 1.165) is 11.3 Å². The van der Waals surface area contributed by atoms with E-state index < -0.39 is 11.7 Å². The molecule has 1 heterocycles. The Labute approximate surface area is 144 Å². The molecule has 1 aromatic carbocycles. The minimum atomic E-state index is -0.522. The molecule has 1 aromatic rings. The summed E-state index contributed by atoms with van der Waals surface area (Å²) in [5.74, 6) is 0.843. The number of allylic oxidation sites excluding steroid dienone is 2. The molecule has 2 rings (SSSR count). The molecule has 0 saturated heterocycles. The first-order chi connectivity index (χ1) is 9.90. The fourth-order valence-corrected chi connectivity index (χ4v) is 2.00. The van der Waals surface area contributed by atoms with Gasteiger partial charge in [0.1, 0.15) is 5.75 Å². The summed E-state index contributed by atoms with van der Waals surface area (Å²) in [6, 6.07) is 7.79. The normalized spacial score (nSPS) is 16.9. The standard InChI is InChI=1S/C17H20NO3.Li/c1-17(2,3)21-16(19)18-11-9-13(10-12-18)14-7-5-6-8-15(14)20-4;/h5-11,13H,1-4H3;/q-1;+1. The summed E-state index contributed by atoms with van der Waals surface area (Å²) in [5, 5.41) is 0. The minimum absolute atomic E-state index is 0. The Morgan fingerprint density at radius 2 is 1.95 bits per heavy atom. The molecule has 1 unspecified atom stereocenters. The maximum atomic E-state index is 11.9. The van der Waals surface area contributed by atoms with Gasteiger partial charge in [0.15, 0.2) is 0 Å². The molecular formula is C17H20LiNO3. The Balaban J connectivity index is 0.00000242. The van der Waals surface area contributed by atoms with Crippen LogP contribution in [-0.2, 0) is 4.74 Å². The molecule has 1 aliphatic heterocycles. The third-order valence-corrected chi connectivity index (χ3v) is 2.92. The maximum Gasteiger partial charge on any atom is 1.00 e. The second-order valence-electron chi connectivity index (χ2n) is 5.76. The van der Waals surface area contributed by atoms with Crippen LogP contribution in [-0.4, -0.2) is 23.7 Å². The number of methoxy groups -OCH3 is 1. The van der Waals surface area contributed by atoms with Crippen LogP contribution < -0.4 is 23.6 Å². The molecular weight excluding hydrogens is 273 g/mol. The number of rotatable bonds is 2.